The lowest BCUT2D eigenvalue weighted by atomic mass is 10.0. The number of aryl methyl sites for hydroxylation is 1. The Balaban J connectivity index is 1.97. The van der Waals surface area contributed by atoms with Crippen LogP contribution in [0, 0.1) is 18.8 Å². The molecule has 0 spiro atoms. The molecule has 1 saturated carbocycles. The van der Waals surface area contributed by atoms with Crippen LogP contribution in [-0.4, -0.2) is 12.6 Å². The van der Waals surface area contributed by atoms with Crippen LogP contribution in [-0.2, 0) is 6.42 Å². The Bertz CT molecular complexity index is 328. The summed E-state index contributed by atoms with van der Waals surface area (Å²) in [6.07, 6.45) is 2.59. The van der Waals surface area contributed by atoms with E-state index in [4.69, 9.17) is 0 Å². The van der Waals surface area contributed by atoms with Gasteiger partial charge in [-0.2, -0.15) is 0 Å². The fraction of sp³-hybridized carbons (Fsp3) is 0.600. The minimum absolute atomic E-state index is 0.683. The molecule has 1 N–H and O–H groups in total. The zero-order chi connectivity index (χ0) is 11.5. The molecule has 0 saturated heterocycles. The van der Waals surface area contributed by atoms with E-state index in [-0.39, 0.29) is 0 Å². The van der Waals surface area contributed by atoms with Gasteiger partial charge in [-0.15, -0.1) is 0 Å². The summed E-state index contributed by atoms with van der Waals surface area (Å²) >= 11 is 0. The van der Waals surface area contributed by atoms with Gasteiger partial charge >= 0.3 is 0 Å². The minimum atomic E-state index is 0.683. The second kappa shape index (κ2) is 5.01. The molecule has 0 radical (unpaired) electrons. The summed E-state index contributed by atoms with van der Waals surface area (Å²) < 4.78 is 0. The first-order valence-electron chi connectivity index (χ1n) is 6.49. The molecule has 0 aliphatic heterocycles. The van der Waals surface area contributed by atoms with Crippen LogP contribution in [0.1, 0.15) is 31.4 Å². The van der Waals surface area contributed by atoms with Crippen molar-refractivity contribution >= 4 is 0 Å². The van der Waals surface area contributed by atoms with Crippen LogP contribution in [0.4, 0.5) is 0 Å². The van der Waals surface area contributed by atoms with Crippen molar-refractivity contribution in [1.29, 1.82) is 0 Å². The fourth-order valence-electron chi connectivity index (χ4n) is 2.53. The Kier molecular flexibility index (Phi) is 3.65. The third-order valence-electron chi connectivity index (χ3n) is 3.73. The van der Waals surface area contributed by atoms with Crippen LogP contribution in [0.25, 0.3) is 0 Å². The van der Waals surface area contributed by atoms with Crippen LogP contribution in [0.15, 0.2) is 24.3 Å². The summed E-state index contributed by atoms with van der Waals surface area (Å²) in [5.41, 5.74) is 2.82. The molecule has 0 heterocycles. The molecule has 88 valence electrons. The minimum Gasteiger partial charge on any atom is -0.314 e. The molecule has 1 fully saturated rings. The highest BCUT2D eigenvalue weighted by atomic mass is 14.9. The number of hydrogen-bond acceptors (Lipinski definition) is 1. The Morgan fingerprint density at radius 2 is 1.94 bits per heavy atom. The zero-order valence-corrected chi connectivity index (χ0v) is 10.7. The monoisotopic (exact) mass is 217 g/mol. The van der Waals surface area contributed by atoms with Gasteiger partial charge in [-0.05, 0) is 43.7 Å². The first-order chi connectivity index (χ1) is 7.70. The average Bonchev–Trinajstić information content (AvgIpc) is 2.98. The SMILES string of the molecule is CCNC(Cc1ccc(C)cc1)C1CC1C. The summed E-state index contributed by atoms with van der Waals surface area (Å²) in [7, 11) is 0. The first kappa shape index (κ1) is 11.7. The van der Waals surface area contributed by atoms with E-state index in [9.17, 15) is 0 Å². The van der Waals surface area contributed by atoms with Gasteiger partial charge in [0.15, 0.2) is 0 Å². The molecule has 2 rings (SSSR count). The largest absolute Gasteiger partial charge is 0.314 e. The van der Waals surface area contributed by atoms with Crippen LogP contribution in [0.3, 0.4) is 0 Å². The van der Waals surface area contributed by atoms with Crippen LogP contribution >= 0.6 is 0 Å². The Morgan fingerprint density at radius 1 is 1.31 bits per heavy atom. The molecule has 0 amide bonds. The van der Waals surface area contributed by atoms with Crippen molar-refractivity contribution in [1.82, 2.24) is 5.32 Å². The maximum absolute atomic E-state index is 3.64. The topological polar surface area (TPSA) is 12.0 Å². The summed E-state index contributed by atoms with van der Waals surface area (Å²) in [6.45, 7) is 7.80. The fourth-order valence-corrected chi connectivity index (χ4v) is 2.53. The van der Waals surface area contributed by atoms with Gasteiger partial charge in [0.05, 0.1) is 0 Å². The molecule has 1 nitrogen and oxygen atoms in total. The summed E-state index contributed by atoms with van der Waals surface area (Å²) in [5, 5.41) is 3.64. The first-order valence-corrected chi connectivity index (χ1v) is 6.49. The van der Waals surface area contributed by atoms with E-state index in [0.717, 1.165) is 18.4 Å². The Morgan fingerprint density at radius 3 is 2.44 bits per heavy atom. The average molecular weight is 217 g/mol. The van der Waals surface area contributed by atoms with Crippen molar-refractivity contribution in [3.63, 3.8) is 0 Å². The van der Waals surface area contributed by atoms with Crippen LogP contribution < -0.4 is 5.32 Å². The van der Waals surface area contributed by atoms with E-state index in [2.05, 4.69) is 50.4 Å². The molecule has 0 bridgehead atoms. The maximum atomic E-state index is 3.64. The second-order valence-electron chi connectivity index (χ2n) is 5.23. The van der Waals surface area contributed by atoms with E-state index in [1.165, 1.54) is 24.0 Å². The third-order valence-corrected chi connectivity index (χ3v) is 3.73. The van der Waals surface area contributed by atoms with Crippen LogP contribution in [0.2, 0.25) is 0 Å². The van der Waals surface area contributed by atoms with Crippen molar-refractivity contribution in [3.8, 4) is 0 Å². The van der Waals surface area contributed by atoms with Crippen molar-refractivity contribution in [2.24, 2.45) is 11.8 Å². The quantitative estimate of drug-likeness (QED) is 0.799. The molecule has 1 heteroatoms. The maximum Gasteiger partial charge on any atom is 0.0138 e. The number of benzene rings is 1. The summed E-state index contributed by atoms with van der Waals surface area (Å²) in [6, 6.07) is 9.66. The van der Waals surface area contributed by atoms with E-state index in [1.54, 1.807) is 0 Å². The lowest BCUT2D eigenvalue weighted by Crippen LogP contribution is -2.33. The molecule has 1 aromatic carbocycles. The third kappa shape index (κ3) is 2.85. The zero-order valence-electron chi connectivity index (χ0n) is 10.7. The normalized spacial score (nSPS) is 25.4. The van der Waals surface area contributed by atoms with Gasteiger partial charge in [-0.25, -0.2) is 0 Å². The number of likely N-dealkylation sites (N-methyl/N-ethyl adjacent to an activating group) is 1. The molecule has 3 atom stereocenters. The van der Waals surface area contributed by atoms with Crippen LogP contribution in [0.5, 0.6) is 0 Å². The lowest BCUT2D eigenvalue weighted by Gasteiger charge is -2.18. The van der Waals surface area contributed by atoms with Gasteiger partial charge in [0, 0.05) is 6.04 Å². The Labute approximate surface area is 99.3 Å². The van der Waals surface area contributed by atoms with Gasteiger partial charge in [0.2, 0.25) is 0 Å². The number of hydrogen-bond donors (Lipinski definition) is 1. The molecular weight excluding hydrogens is 194 g/mol. The molecule has 0 aromatic heterocycles. The number of rotatable bonds is 5. The van der Waals surface area contributed by atoms with Crippen molar-refractivity contribution in [2.75, 3.05) is 6.54 Å². The van der Waals surface area contributed by atoms with Gasteiger partial charge in [-0.3, -0.25) is 0 Å². The predicted molar refractivity (Wildman–Crippen MR) is 69.6 cm³/mol. The van der Waals surface area contributed by atoms with E-state index in [0.29, 0.717) is 6.04 Å². The van der Waals surface area contributed by atoms with Gasteiger partial charge in [-0.1, -0.05) is 43.7 Å². The van der Waals surface area contributed by atoms with Crippen molar-refractivity contribution in [3.05, 3.63) is 35.4 Å². The summed E-state index contributed by atoms with van der Waals surface area (Å²) in [4.78, 5) is 0. The highest BCUT2D eigenvalue weighted by molar-refractivity contribution is 5.22. The molecule has 1 aromatic rings. The molecular formula is C15H23N. The smallest absolute Gasteiger partial charge is 0.0138 e. The molecule has 1 aliphatic carbocycles. The number of nitrogens with one attached hydrogen (secondary N) is 1. The second-order valence-corrected chi connectivity index (χ2v) is 5.23. The highest BCUT2D eigenvalue weighted by Gasteiger charge is 2.38. The van der Waals surface area contributed by atoms with Gasteiger partial charge in [0.25, 0.3) is 0 Å². The standard InChI is InChI=1S/C15H23N/c1-4-16-15(14-9-12(14)3)10-13-7-5-11(2)6-8-13/h5-8,12,14-16H,4,9-10H2,1-3H3. The van der Waals surface area contributed by atoms with Gasteiger partial charge in [0.1, 0.15) is 0 Å². The summed E-state index contributed by atoms with van der Waals surface area (Å²) in [5.74, 6) is 1.83. The highest BCUT2D eigenvalue weighted by Crippen LogP contribution is 2.41. The molecule has 3 unspecified atom stereocenters. The van der Waals surface area contributed by atoms with Gasteiger partial charge < -0.3 is 5.32 Å². The predicted octanol–water partition coefficient (Wildman–Crippen LogP) is 3.17. The Hall–Kier alpha value is -0.820. The van der Waals surface area contributed by atoms with E-state index in [1.807, 2.05) is 0 Å². The molecule has 1 aliphatic rings. The van der Waals surface area contributed by atoms with E-state index < -0.39 is 0 Å². The lowest BCUT2D eigenvalue weighted by molar-refractivity contribution is 0.454. The van der Waals surface area contributed by atoms with Crippen molar-refractivity contribution in [2.45, 2.75) is 39.7 Å². The van der Waals surface area contributed by atoms with E-state index >= 15 is 0 Å². The van der Waals surface area contributed by atoms with Crippen molar-refractivity contribution < 1.29 is 0 Å². The molecule has 16 heavy (non-hydrogen) atoms.